The van der Waals surface area contributed by atoms with Crippen molar-refractivity contribution in [3.05, 3.63) is 11.6 Å². The summed E-state index contributed by atoms with van der Waals surface area (Å²) in [5, 5.41) is 19.5. The molecule has 3 saturated carbocycles. The van der Waals surface area contributed by atoms with Crippen molar-refractivity contribution in [2.24, 2.45) is 34.5 Å². The van der Waals surface area contributed by atoms with E-state index in [1.54, 1.807) is 0 Å². The van der Waals surface area contributed by atoms with Crippen LogP contribution < -0.4 is 0 Å². The predicted octanol–water partition coefficient (Wildman–Crippen LogP) is 4.36. The first-order chi connectivity index (χ1) is 12.8. The highest BCUT2D eigenvalue weighted by molar-refractivity contribution is 5.93. The number of carbonyl (C=O) groups excluding carboxylic acids is 1. The van der Waals surface area contributed by atoms with Crippen LogP contribution in [0.4, 0.5) is 0 Å². The minimum Gasteiger partial charge on any atom is -0.481 e. The normalized spacial score (nSPS) is 46.3. The Balaban J connectivity index is 1.56. The molecule has 4 aliphatic carbocycles. The Labute approximate surface area is 162 Å². The van der Waals surface area contributed by atoms with Crippen LogP contribution in [0.15, 0.2) is 11.6 Å². The van der Waals surface area contributed by atoms with E-state index in [0.717, 1.165) is 44.9 Å². The first kappa shape index (κ1) is 19.2. The highest BCUT2D eigenvalue weighted by Crippen LogP contribution is 2.65. The number of carboxylic acids is 1. The lowest BCUT2D eigenvalue weighted by molar-refractivity contribution is -0.137. The van der Waals surface area contributed by atoms with Crippen molar-refractivity contribution in [3.8, 4) is 0 Å². The van der Waals surface area contributed by atoms with Crippen LogP contribution in [-0.2, 0) is 9.59 Å². The lowest BCUT2D eigenvalue weighted by Crippen LogP contribution is -2.52. The maximum Gasteiger partial charge on any atom is 0.303 e. The monoisotopic (exact) mass is 374 g/mol. The molecule has 0 aromatic carbocycles. The number of carboxylic acid groups (broad SMARTS) is 1. The summed E-state index contributed by atoms with van der Waals surface area (Å²) in [5.41, 5.74) is 1.52. The van der Waals surface area contributed by atoms with Gasteiger partial charge in [0.1, 0.15) is 0 Å². The van der Waals surface area contributed by atoms with Crippen molar-refractivity contribution in [2.75, 3.05) is 0 Å². The molecule has 4 aliphatic rings. The molecule has 0 heterocycles. The summed E-state index contributed by atoms with van der Waals surface area (Å²) in [4.78, 5) is 23.5. The van der Waals surface area contributed by atoms with Crippen LogP contribution in [0.1, 0.15) is 78.1 Å². The molecular formula is C23H34O4. The number of aliphatic hydroxyl groups excluding tert-OH is 1. The van der Waals surface area contributed by atoms with E-state index in [1.165, 1.54) is 5.57 Å². The Kier molecular flexibility index (Phi) is 4.77. The SMILES string of the molecule is C[C@]12CC[C@H]3[C@@H](CCC4=CC(=O)C(CCCC(=O)O)C[C@@]43C)[C@@H]1CC[C@@H]2O. The third kappa shape index (κ3) is 2.99. The van der Waals surface area contributed by atoms with Crippen molar-refractivity contribution in [1.82, 2.24) is 0 Å². The standard InChI is InChI=1S/C23H34O4/c1-22-11-10-18-16(17(22)8-9-20(22)25)7-6-15-12-19(24)14(13-23(15,18)2)4-3-5-21(26)27/h12,14,16-18,20,25H,3-11,13H2,1-2H3,(H,26,27)/t14?,16-,17-,18-,20-,22-,23-/m0/s1. The zero-order valence-corrected chi connectivity index (χ0v) is 16.7. The van der Waals surface area contributed by atoms with E-state index >= 15 is 0 Å². The first-order valence-corrected chi connectivity index (χ1v) is 10.9. The van der Waals surface area contributed by atoms with Gasteiger partial charge in [0.05, 0.1) is 6.10 Å². The van der Waals surface area contributed by atoms with Crippen LogP contribution in [-0.4, -0.2) is 28.1 Å². The summed E-state index contributed by atoms with van der Waals surface area (Å²) in [7, 11) is 0. The van der Waals surface area contributed by atoms with Gasteiger partial charge in [-0.05, 0) is 92.4 Å². The lowest BCUT2D eigenvalue weighted by Gasteiger charge is -2.58. The van der Waals surface area contributed by atoms with Crippen molar-refractivity contribution < 1.29 is 19.8 Å². The topological polar surface area (TPSA) is 74.6 Å². The zero-order valence-electron chi connectivity index (χ0n) is 16.7. The molecule has 0 aliphatic heterocycles. The van der Waals surface area contributed by atoms with Crippen LogP contribution in [0.3, 0.4) is 0 Å². The fourth-order valence-corrected chi connectivity index (χ4v) is 7.46. The minimum absolute atomic E-state index is 0.0145. The van der Waals surface area contributed by atoms with Gasteiger partial charge in [-0.1, -0.05) is 19.4 Å². The second-order valence-corrected chi connectivity index (χ2v) is 10.2. The van der Waals surface area contributed by atoms with Gasteiger partial charge in [0, 0.05) is 12.3 Å². The summed E-state index contributed by atoms with van der Waals surface area (Å²) in [6, 6.07) is 0. The molecule has 7 atom stereocenters. The highest BCUT2D eigenvalue weighted by Gasteiger charge is 2.59. The Bertz CT molecular complexity index is 667. The number of fused-ring (bicyclic) bond motifs is 5. The zero-order chi connectivity index (χ0) is 19.4. The molecule has 150 valence electrons. The number of aliphatic hydroxyl groups is 1. The molecule has 0 radical (unpaired) electrons. The Morgan fingerprint density at radius 2 is 1.96 bits per heavy atom. The fourth-order valence-electron chi connectivity index (χ4n) is 7.46. The predicted molar refractivity (Wildman–Crippen MR) is 103 cm³/mol. The van der Waals surface area contributed by atoms with Gasteiger partial charge in [0.25, 0.3) is 0 Å². The molecule has 0 bridgehead atoms. The Morgan fingerprint density at radius 1 is 1.19 bits per heavy atom. The Hall–Kier alpha value is -1.16. The molecule has 4 heteroatoms. The molecule has 0 aromatic heterocycles. The van der Waals surface area contributed by atoms with E-state index in [4.69, 9.17) is 5.11 Å². The minimum atomic E-state index is -0.773. The van der Waals surface area contributed by atoms with Crippen molar-refractivity contribution >= 4 is 11.8 Å². The molecule has 27 heavy (non-hydrogen) atoms. The quantitative estimate of drug-likeness (QED) is 0.767. The van der Waals surface area contributed by atoms with Crippen molar-refractivity contribution in [1.29, 1.82) is 0 Å². The summed E-state index contributed by atoms with van der Waals surface area (Å²) in [6.07, 6.45) is 10.6. The number of ketones is 1. The number of aliphatic carboxylic acids is 1. The summed E-state index contributed by atoms with van der Waals surface area (Å²) < 4.78 is 0. The second kappa shape index (κ2) is 6.72. The van der Waals surface area contributed by atoms with Gasteiger partial charge in [0.2, 0.25) is 0 Å². The molecule has 0 amide bonds. The van der Waals surface area contributed by atoms with Crippen LogP contribution >= 0.6 is 0 Å². The molecule has 1 unspecified atom stereocenters. The lowest BCUT2D eigenvalue weighted by atomic mass is 9.46. The molecule has 3 fully saturated rings. The molecule has 4 rings (SSSR count). The van der Waals surface area contributed by atoms with Crippen LogP contribution in [0, 0.1) is 34.5 Å². The summed E-state index contributed by atoms with van der Waals surface area (Å²) in [6.45, 7) is 4.68. The van der Waals surface area contributed by atoms with Gasteiger partial charge < -0.3 is 10.2 Å². The van der Waals surface area contributed by atoms with Crippen LogP contribution in [0.5, 0.6) is 0 Å². The first-order valence-electron chi connectivity index (χ1n) is 10.9. The average molecular weight is 375 g/mol. The third-order valence-electron chi connectivity index (χ3n) is 9.02. The third-order valence-corrected chi connectivity index (χ3v) is 9.02. The number of allylic oxidation sites excluding steroid dienone is 1. The van der Waals surface area contributed by atoms with Gasteiger partial charge in [0.15, 0.2) is 5.78 Å². The largest absolute Gasteiger partial charge is 0.481 e. The number of hydrogen-bond acceptors (Lipinski definition) is 3. The van der Waals surface area contributed by atoms with Gasteiger partial charge in [-0.25, -0.2) is 0 Å². The van der Waals surface area contributed by atoms with Gasteiger partial charge in [-0.15, -0.1) is 0 Å². The highest BCUT2D eigenvalue weighted by atomic mass is 16.4. The van der Waals surface area contributed by atoms with Crippen molar-refractivity contribution in [3.63, 3.8) is 0 Å². The van der Waals surface area contributed by atoms with Gasteiger partial charge >= 0.3 is 5.97 Å². The summed E-state index contributed by atoms with van der Waals surface area (Å²) >= 11 is 0. The van der Waals surface area contributed by atoms with E-state index in [-0.39, 0.29) is 35.1 Å². The van der Waals surface area contributed by atoms with Gasteiger partial charge in [-0.2, -0.15) is 0 Å². The fraction of sp³-hybridized carbons (Fsp3) is 0.826. The van der Waals surface area contributed by atoms with E-state index in [1.807, 2.05) is 6.08 Å². The molecular weight excluding hydrogens is 340 g/mol. The summed E-state index contributed by atoms with van der Waals surface area (Å²) in [5.74, 6) is 1.33. The molecule has 2 N–H and O–H groups in total. The molecule has 0 aromatic rings. The van der Waals surface area contributed by atoms with E-state index < -0.39 is 5.97 Å². The van der Waals surface area contributed by atoms with E-state index in [9.17, 15) is 14.7 Å². The number of carbonyl (C=O) groups is 2. The van der Waals surface area contributed by atoms with Gasteiger partial charge in [-0.3, -0.25) is 9.59 Å². The van der Waals surface area contributed by atoms with E-state index in [2.05, 4.69) is 13.8 Å². The molecule has 4 nitrogen and oxygen atoms in total. The number of rotatable bonds is 4. The smallest absolute Gasteiger partial charge is 0.303 e. The van der Waals surface area contributed by atoms with Crippen molar-refractivity contribution in [2.45, 2.75) is 84.2 Å². The maximum atomic E-state index is 12.6. The molecule has 0 spiro atoms. The van der Waals surface area contributed by atoms with Crippen LogP contribution in [0.25, 0.3) is 0 Å². The number of hydrogen-bond donors (Lipinski definition) is 2. The van der Waals surface area contributed by atoms with Crippen LogP contribution in [0.2, 0.25) is 0 Å². The maximum absolute atomic E-state index is 12.6. The average Bonchev–Trinajstić information content (AvgIpc) is 2.91. The molecule has 0 saturated heterocycles. The van der Waals surface area contributed by atoms with E-state index in [0.29, 0.717) is 30.6 Å². The Morgan fingerprint density at radius 3 is 2.70 bits per heavy atom. The second-order valence-electron chi connectivity index (χ2n) is 10.2.